The minimum absolute atomic E-state index is 0.0345. The summed E-state index contributed by atoms with van der Waals surface area (Å²) in [6.45, 7) is 10.6. The highest BCUT2D eigenvalue weighted by Crippen LogP contribution is 2.40. The van der Waals surface area contributed by atoms with E-state index in [2.05, 4.69) is 37.9 Å². The molecule has 2 amide bonds. The lowest BCUT2D eigenvalue weighted by atomic mass is 9.75. The molecule has 4 nitrogen and oxygen atoms in total. The maximum atomic E-state index is 12.8. The molecule has 2 atom stereocenters. The Morgan fingerprint density at radius 3 is 1.66 bits per heavy atom. The van der Waals surface area contributed by atoms with Crippen molar-refractivity contribution in [3.63, 3.8) is 0 Å². The van der Waals surface area contributed by atoms with Crippen LogP contribution in [0.4, 0.5) is 0 Å². The first-order valence-electron chi connectivity index (χ1n) is 12.7. The normalized spacial score (nSPS) is 21.9. The van der Waals surface area contributed by atoms with Crippen LogP contribution >= 0.6 is 0 Å². The van der Waals surface area contributed by atoms with Gasteiger partial charge in [-0.25, -0.2) is 0 Å². The summed E-state index contributed by atoms with van der Waals surface area (Å²) in [4.78, 5) is 28.0. The Morgan fingerprint density at radius 1 is 0.724 bits per heavy atom. The van der Waals surface area contributed by atoms with Gasteiger partial charge in [-0.1, -0.05) is 98.3 Å². The van der Waals surface area contributed by atoms with Gasteiger partial charge in [0.2, 0.25) is 11.8 Å². The Kier molecular flexibility index (Phi) is 13.5. The van der Waals surface area contributed by atoms with Crippen molar-refractivity contribution < 1.29 is 9.59 Å². The summed E-state index contributed by atoms with van der Waals surface area (Å²) >= 11 is 0. The zero-order chi connectivity index (χ0) is 21.5. The number of carbonyl (C=O) groups excluding carboxylic acids is 2. The molecule has 1 heterocycles. The molecule has 0 aromatic carbocycles. The second-order valence-corrected chi connectivity index (χ2v) is 9.05. The van der Waals surface area contributed by atoms with Crippen molar-refractivity contribution in [2.75, 3.05) is 13.1 Å². The third-order valence-electron chi connectivity index (χ3n) is 6.75. The third kappa shape index (κ3) is 8.03. The first-order chi connectivity index (χ1) is 14.1. The molecule has 170 valence electrons. The summed E-state index contributed by atoms with van der Waals surface area (Å²) in [7, 11) is 0. The van der Waals surface area contributed by atoms with Crippen LogP contribution in [0.3, 0.4) is 0 Å². The number of rotatable bonds is 18. The number of nitrogens with zero attached hydrogens (tertiary/aromatic N) is 1. The van der Waals surface area contributed by atoms with Gasteiger partial charge in [0, 0.05) is 0 Å². The van der Waals surface area contributed by atoms with Crippen molar-refractivity contribution in [2.45, 2.75) is 130 Å². The van der Waals surface area contributed by atoms with Crippen molar-refractivity contribution in [2.24, 2.45) is 5.41 Å². The minimum Gasteiger partial charge on any atom is -0.294 e. The fraction of sp³-hybridized carbons (Fsp3) is 0.920. The topological polar surface area (TPSA) is 49.4 Å². The van der Waals surface area contributed by atoms with E-state index in [9.17, 15) is 9.59 Å². The number of imide groups is 1. The van der Waals surface area contributed by atoms with Crippen LogP contribution in [-0.4, -0.2) is 35.8 Å². The van der Waals surface area contributed by atoms with E-state index in [1.54, 1.807) is 0 Å². The number of carbonyl (C=O) groups is 2. The molecule has 0 spiro atoms. The van der Waals surface area contributed by atoms with Crippen LogP contribution in [0.5, 0.6) is 0 Å². The zero-order valence-corrected chi connectivity index (χ0v) is 19.9. The van der Waals surface area contributed by atoms with Gasteiger partial charge in [0.1, 0.15) is 6.04 Å². The number of unbranched alkanes of at least 4 members (excludes halogenated alkanes) is 10. The molecule has 0 bridgehead atoms. The smallest absolute Gasteiger partial charge is 0.245 e. The first-order valence-corrected chi connectivity index (χ1v) is 12.7. The van der Waals surface area contributed by atoms with Crippen molar-refractivity contribution >= 4 is 11.8 Å². The van der Waals surface area contributed by atoms with E-state index >= 15 is 0 Å². The minimum atomic E-state index is -0.531. The quantitative estimate of drug-likeness (QED) is 0.216. The Morgan fingerprint density at radius 2 is 1.21 bits per heavy atom. The molecule has 1 fully saturated rings. The van der Waals surface area contributed by atoms with E-state index in [1.165, 1.54) is 64.2 Å². The molecule has 0 aromatic heterocycles. The van der Waals surface area contributed by atoms with E-state index < -0.39 is 5.41 Å². The predicted molar refractivity (Wildman–Crippen MR) is 123 cm³/mol. The van der Waals surface area contributed by atoms with E-state index in [0.29, 0.717) is 0 Å². The van der Waals surface area contributed by atoms with Crippen LogP contribution in [0.25, 0.3) is 0 Å². The molecule has 1 rings (SSSR count). The van der Waals surface area contributed by atoms with Gasteiger partial charge < -0.3 is 0 Å². The second kappa shape index (κ2) is 15.0. The van der Waals surface area contributed by atoms with Crippen LogP contribution in [0.15, 0.2) is 0 Å². The molecule has 0 aliphatic carbocycles. The molecule has 0 aromatic rings. The van der Waals surface area contributed by atoms with E-state index in [0.717, 1.165) is 45.2 Å². The van der Waals surface area contributed by atoms with Crippen LogP contribution in [-0.2, 0) is 9.59 Å². The van der Waals surface area contributed by atoms with E-state index in [1.807, 2.05) is 0 Å². The highest BCUT2D eigenvalue weighted by Gasteiger charge is 2.55. The summed E-state index contributed by atoms with van der Waals surface area (Å²) < 4.78 is 0. The van der Waals surface area contributed by atoms with Crippen molar-refractivity contribution in [1.29, 1.82) is 0 Å². The van der Waals surface area contributed by atoms with Gasteiger partial charge >= 0.3 is 0 Å². The Hall–Kier alpha value is -0.900. The van der Waals surface area contributed by atoms with Crippen molar-refractivity contribution in [1.82, 2.24) is 10.2 Å². The Balaban J connectivity index is 2.75. The zero-order valence-electron chi connectivity index (χ0n) is 19.9. The van der Waals surface area contributed by atoms with Gasteiger partial charge in [0.05, 0.1) is 5.41 Å². The number of hydrogen-bond donors (Lipinski definition) is 1. The van der Waals surface area contributed by atoms with Gasteiger partial charge in [-0.15, -0.1) is 0 Å². The summed E-state index contributed by atoms with van der Waals surface area (Å²) in [5.74, 6) is -0.0880. The van der Waals surface area contributed by atoms with Gasteiger partial charge in [0.25, 0.3) is 0 Å². The summed E-state index contributed by atoms with van der Waals surface area (Å²) in [6.07, 6.45) is 17.5. The lowest BCUT2D eigenvalue weighted by Gasteiger charge is -2.38. The summed E-state index contributed by atoms with van der Waals surface area (Å²) in [5.41, 5.74) is -0.531. The number of hydrogen-bond acceptors (Lipinski definition) is 3. The molecule has 0 radical (unpaired) electrons. The monoisotopic (exact) mass is 408 g/mol. The molecule has 1 N–H and O–H groups in total. The van der Waals surface area contributed by atoms with Crippen LogP contribution < -0.4 is 5.32 Å². The molecular formula is C25H48N2O2. The summed E-state index contributed by atoms with van der Waals surface area (Å²) in [5, 5.41) is 2.69. The lowest BCUT2D eigenvalue weighted by Crippen LogP contribution is -2.50. The number of amides is 2. The van der Waals surface area contributed by atoms with Gasteiger partial charge in [0.15, 0.2) is 0 Å². The number of nitrogens with one attached hydrogen (secondary N) is 1. The molecule has 0 saturated carbocycles. The molecule has 29 heavy (non-hydrogen) atoms. The maximum Gasteiger partial charge on any atom is 0.245 e. The second-order valence-electron chi connectivity index (χ2n) is 9.05. The summed E-state index contributed by atoms with van der Waals surface area (Å²) in [6, 6.07) is -0.272. The van der Waals surface area contributed by atoms with Gasteiger partial charge in [-0.3, -0.25) is 19.8 Å². The van der Waals surface area contributed by atoms with Crippen molar-refractivity contribution in [3.8, 4) is 0 Å². The fourth-order valence-electron chi connectivity index (χ4n) is 4.98. The van der Waals surface area contributed by atoms with E-state index in [4.69, 9.17) is 0 Å². The van der Waals surface area contributed by atoms with Gasteiger partial charge in [-0.05, 0) is 38.8 Å². The Bertz CT molecular complexity index is 450. The molecule has 1 aliphatic rings. The van der Waals surface area contributed by atoms with Crippen molar-refractivity contribution in [3.05, 3.63) is 0 Å². The van der Waals surface area contributed by atoms with E-state index in [-0.39, 0.29) is 17.9 Å². The molecule has 1 aliphatic heterocycles. The molecule has 2 unspecified atom stereocenters. The molecule has 4 heteroatoms. The largest absolute Gasteiger partial charge is 0.294 e. The maximum absolute atomic E-state index is 12.8. The molecular weight excluding hydrogens is 360 g/mol. The van der Waals surface area contributed by atoms with Crippen LogP contribution in [0.2, 0.25) is 0 Å². The highest BCUT2D eigenvalue weighted by atomic mass is 16.2. The average Bonchev–Trinajstić information content (AvgIpc) is 2.95. The highest BCUT2D eigenvalue weighted by molar-refractivity contribution is 6.09. The van der Waals surface area contributed by atoms with Crippen LogP contribution in [0, 0.1) is 5.41 Å². The standard InChI is InChI=1S/C25H48N2O2/c1-5-9-11-13-15-17-20-27(21-18-16-14-12-10-6-2)22-23(28)26-24(29)25(22,8-4)19-7-3/h22H,5-21H2,1-4H3,(H,26,28,29). The Labute approximate surface area is 180 Å². The third-order valence-corrected chi connectivity index (χ3v) is 6.75. The first kappa shape index (κ1) is 26.1. The molecule has 1 saturated heterocycles. The van der Waals surface area contributed by atoms with Crippen LogP contribution in [0.1, 0.15) is 124 Å². The fourth-order valence-corrected chi connectivity index (χ4v) is 4.98. The average molecular weight is 409 g/mol. The lowest BCUT2D eigenvalue weighted by molar-refractivity contribution is -0.130. The van der Waals surface area contributed by atoms with Gasteiger partial charge in [-0.2, -0.15) is 0 Å². The predicted octanol–water partition coefficient (Wildman–Crippen LogP) is 6.23. The SMILES string of the molecule is CCCCCCCCN(CCCCCCCC)C1C(=O)NC(=O)C1(CC)CCC.